The van der Waals surface area contributed by atoms with Crippen LogP contribution in [0.5, 0.6) is 5.75 Å². The van der Waals surface area contributed by atoms with E-state index in [1.165, 1.54) is 6.07 Å². The van der Waals surface area contributed by atoms with Gasteiger partial charge in [-0.05, 0) is 43.8 Å². The normalized spacial score (nSPS) is 30.5. The third kappa shape index (κ3) is 2.18. The molecule has 3 nitrogen and oxygen atoms in total. The molecular weight excluding hydrogens is 287 g/mol. The maximum absolute atomic E-state index is 13.6. The lowest BCUT2D eigenvalue weighted by Crippen LogP contribution is -2.69. The van der Waals surface area contributed by atoms with Crippen LogP contribution in [0.15, 0.2) is 18.2 Å². The van der Waals surface area contributed by atoms with E-state index in [0.717, 1.165) is 30.7 Å². The second-order valence-corrected chi connectivity index (χ2v) is 6.45. The Kier molecular flexibility index (Phi) is 3.56. The van der Waals surface area contributed by atoms with E-state index in [-0.39, 0.29) is 17.8 Å². The van der Waals surface area contributed by atoms with E-state index < -0.39 is 5.72 Å². The molecule has 1 aromatic carbocycles. The minimum absolute atomic E-state index is 0.000161. The topological polar surface area (TPSA) is 24.5 Å². The number of unbranched alkanes of at least 4 members (excludes halogenated alkanes) is 1. The second-order valence-electron chi connectivity index (χ2n) is 6.06. The molecule has 1 fully saturated rings. The highest BCUT2D eigenvalue weighted by Crippen LogP contribution is 2.47. The fourth-order valence-electron chi connectivity index (χ4n) is 3.31. The van der Waals surface area contributed by atoms with Gasteiger partial charge in [0.1, 0.15) is 11.6 Å². The summed E-state index contributed by atoms with van der Waals surface area (Å²) in [5.41, 5.74) is 0.380. The molecule has 2 aliphatic rings. The Bertz CT molecular complexity index is 579. The van der Waals surface area contributed by atoms with Gasteiger partial charge in [0.2, 0.25) is 0 Å². The molecule has 0 saturated carbocycles. The minimum Gasteiger partial charge on any atom is -0.467 e. The number of ether oxygens (including phenoxy) is 1. The maximum Gasteiger partial charge on any atom is 0.186 e. The summed E-state index contributed by atoms with van der Waals surface area (Å²) < 4.78 is 19.8. The number of hydrogen-bond donors (Lipinski definition) is 1. The van der Waals surface area contributed by atoms with Crippen LogP contribution in [0.4, 0.5) is 4.39 Å². The fraction of sp³-hybridized carbons (Fsp3) is 0.562. The van der Waals surface area contributed by atoms with E-state index in [9.17, 15) is 4.39 Å². The van der Waals surface area contributed by atoms with Crippen molar-refractivity contribution >= 4 is 17.3 Å². The highest BCUT2D eigenvalue weighted by atomic mass is 32.1. The number of benzene rings is 1. The van der Waals surface area contributed by atoms with Crippen LogP contribution in [-0.4, -0.2) is 22.3 Å². The molecular formula is C16H21FN2OS. The standard InChI is InChI=1S/C16H21FN2OS/c1-4-5-8-19-15(21)18-14-10(2)16(19,3)20-13-7-6-11(17)9-12(13)14/h6-7,9-10,14H,4-5,8H2,1-3H3,(H,18,21). The zero-order valence-electron chi connectivity index (χ0n) is 12.6. The molecule has 3 rings (SSSR count). The first-order valence-electron chi connectivity index (χ1n) is 7.54. The molecule has 5 heteroatoms. The number of nitrogens with zero attached hydrogens (tertiary/aromatic N) is 1. The van der Waals surface area contributed by atoms with Gasteiger partial charge in [0, 0.05) is 18.0 Å². The van der Waals surface area contributed by atoms with Crippen molar-refractivity contribution < 1.29 is 9.13 Å². The van der Waals surface area contributed by atoms with Gasteiger partial charge in [0.15, 0.2) is 10.8 Å². The average Bonchev–Trinajstić information content (AvgIpc) is 2.44. The molecule has 0 radical (unpaired) electrons. The number of thiocarbonyl (C=S) groups is 1. The van der Waals surface area contributed by atoms with Gasteiger partial charge in [-0.15, -0.1) is 0 Å². The van der Waals surface area contributed by atoms with Crippen LogP contribution < -0.4 is 10.1 Å². The van der Waals surface area contributed by atoms with Crippen molar-refractivity contribution in [1.82, 2.24) is 10.2 Å². The van der Waals surface area contributed by atoms with Crippen LogP contribution in [-0.2, 0) is 0 Å². The molecule has 0 amide bonds. The molecule has 0 aromatic heterocycles. The van der Waals surface area contributed by atoms with Crippen molar-refractivity contribution in [3.63, 3.8) is 0 Å². The van der Waals surface area contributed by atoms with Crippen molar-refractivity contribution in [1.29, 1.82) is 0 Å². The Labute approximate surface area is 130 Å². The zero-order chi connectivity index (χ0) is 15.2. The van der Waals surface area contributed by atoms with Gasteiger partial charge in [-0.3, -0.25) is 0 Å². The van der Waals surface area contributed by atoms with E-state index in [1.54, 1.807) is 12.1 Å². The van der Waals surface area contributed by atoms with E-state index in [4.69, 9.17) is 17.0 Å². The minimum atomic E-state index is -0.479. The predicted molar refractivity (Wildman–Crippen MR) is 84.7 cm³/mol. The van der Waals surface area contributed by atoms with Gasteiger partial charge in [-0.25, -0.2) is 4.39 Å². The van der Waals surface area contributed by atoms with Crippen molar-refractivity contribution in [2.75, 3.05) is 6.54 Å². The summed E-state index contributed by atoms with van der Waals surface area (Å²) in [6, 6.07) is 4.71. The molecule has 1 N–H and O–H groups in total. The lowest BCUT2D eigenvalue weighted by Gasteiger charge is -2.56. The molecule has 1 saturated heterocycles. The van der Waals surface area contributed by atoms with Crippen LogP contribution in [0.25, 0.3) is 0 Å². The van der Waals surface area contributed by atoms with Gasteiger partial charge in [0.05, 0.1) is 6.04 Å². The maximum atomic E-state index is 13.6. The van der Waals surface area contributed by atoms with Gasteiger partial charge in [-0.1, -0.05) is 20.3 Å². The SMILES string of the molecule is CCCCN1C(=S)NC2c3cc(F)ccc3OC1(C)C2C. The van der Waals surface area contributed by atoms with Crippen LogP contribution in [0.3, 0.4) is 0 Å². The summed E-state index contributed by atoms with van der Waals surface area (Å²) in [6.07, 6.45) is 2.17. The van der Waals surface area contributed by atoms with Gasteiger partial charge in [-0.2, -0.15) is 0 Å². The first-order chi connectivity index (χ1) is 9.97. The first-order valence-corrected chi connectivity index (χ1v) is 7.94. The summed E-state index contributed by atoms with van der Waals surface area (Å²) >= 11 is 5.52. The van der Waals surface area contributed by atoms with E-state index in [1.807, 2.05) is 0 Å². The molecule has 0 spiro atoms. The van der Waals surface area contributed by atoms with Crippen LogP contribution in [0.2, 0.25) is 0 Å². The van der Waals surface area contributed by atoms with E-state index in [2.05, 4.69) is 31.0 Å². The second kappa shape index (κ2) is 5.13. The highest BCUT2D eigenvalue weighted by Gasteiger charge is 2.52. The molecule has 3 atom stereocenters. The Hall–Kier alpha value is -1.36. The summed E-state index contributed by atoms with van der Waals surface area (Å²) in [6.45, 7) is 7.24. The Morgan fingerprint density at radius 3 is 2.95 bits per heavy atom. The third-order valence-electron chi connectivity index (χ3n) is 4.76. The first kappa shape index (κ1) is 14.6. The van der Waals surface area contributed by atoms with Gasteiger partial charge in [0.25, 0.3) is 0 Å². The van der Waals surface area contributed by atoms with Crippen LogP contribution in [0.1, 0.15) is 45.2 Å². The monoisotopic (exact) mass is 308 g/mol. The molecule has 2 bridgehead atoms. The number of nitrogens with one attached hydrogen (secondary N) is 1. The van der Waals surface area contributed by atoms with Crippen molar-refractivity contribution in [2.24, 2.45) is 5.92 Å². The van der Waals surface area contributed by atoms with Crippen LogP contribution >= 0.6 is 12.2 Å². The molecule has 2 heterocycles. The van der Waals surface area contributed by atoms with Crippen molar-refractivity contribution in [3.05, 3.63) is 29.6 Å². The van der Waals surface area contributed by atoms with E-state index in [0.29, 0.717) is 5.11 Å². The predicted octanol–water partition coefficient (Wildman–Crippen LogP) is 3.60. The molecule has 3 unspecified atom stereocenters. The number of fused-ring (bicyclic) bond motifs is 4. The third-order valence-corrected chi connectivity index (χ3v) is 5.10. The molecule has 114 valence electrons. The summed E-state index contributed by atoms with van der Waals surface area (Å²) in [5.74, 6) is 0.683. The lowest BCUT2D eigenvalue weighted by atomic mass is 9.81. The number of hydrogen-bond acceptors (Lipinski definition) is 2. The van der Waals surface area contributed by atoms with Gasteiger partial charge < -0.3 is 15.0 Å². The molecule has 1 aromatic rings. The Morgan fingerprint density at radius 2 is 2.24 bits per heavy atom. The van der Waals surface area contributed by atoms with E-state index >= 15 is 0 Å². The Balaban J connectivity index is 2.03. The quantitative estimate of drug-likeness (QED) is 0.862. The summed E-state index contributed by atoms with van der Waals surface area (Å²) in [7, 11) is 0. The highest BCUT2D eigenvalue weighted by molar-refractivity contribution is 7.80. The van der Waals surface area contributed by atoms with Gasteiger partial charge >= 0.3 is 0 Å². The lowest BCUT2D eigenvalue weighted by molar-refractivity contribution is -0.110. The summed E-state index contributed by atoms with van der Waals surface area (Å²) in [4.78, 5) is 2.14. The van der Waals surface area contributed by atoms with Crippen LogP contribution in [0, 0.1) is 11.7 Å². The van der Waals surface area contributed by atoms with Crippen molar-refractivity contribution in [3.8, 4) is 5.75 Å². The zero-order valence-corrected chi connectivity index (χ0v) is 13.5. The largest absolute Gasteiger partial charge is 0.467 e. The summed E-state index contributed by atoms with van der Waals surface area (Å²) in [5, 5.41) is 4.07. The Morgan fingerprint density at radius 1 is 1.48 bits per heavy atom. The molecule has 2 aliphatic heterocycles. The number of rotatable bonds is 3. The number of halogens is 1. The molecule has 0 aliphatic carbocycles. The van der Waals surface area contributed by atoms with Crippen molar-refractivity contribution in [2.45, 2.75) is 45.4 Å². The molecule has 21 heavy (non-hydrogen) atoms. The fourth-order valence-corrected chi connectivity index (χ4v) is 3.70. The smallest absolute Gasteiger partial charge is 0.186 e. The average molecular weight is 308 g/mol.